The Bertz CT molecular complexity index is 1370. The molecule has 0 radical (unpaired) electrons. The van der Waals surface area contributed by atoms with Gasteiger partial charge in [0.1, 0.15) is 11.4 Å². The molecule has 1 unspecified atom stereocenters. The summed E-state index contributed by atoms with van der Waals surface area (Å²) in [6.45, 7) is 0. The summed E-state index contributed by atoms with van der Waals surface area (Å²) in [5, 5.41) is 11.9. The van der Waals surface area contributed by atoms with Gasteiger partial charge >= 0.3 is 0 Å². The molecule has 0 aliphatic carbocycles. The summed E-state index contributed by atoms with van der Waals surface area (Å²) in [6, 6.07) is 19.5. The van der Waals surface area contributed by atoms with Crippen molar-refractivity contribution in [3.8, 4) is 0 Å². The number of amides is 1. The number of nitrogens with zero attached hydrogens (tertiary/aromatic N) is 1. The molecule has 1 amide bonds. The van der Waals surface area contributed by atoms with Crippen LogP contribution in [0.1, 0.15) is 22.2 Å². The van der Waals surface area contributed by atoms with Crippen LogP contribution in [0, 0.1) is 5.82 Å². The third-order valence-corrected chi connectivity index (χ3v) is 5.66. The quantitative estimate of drug-likeness (QED) is 0.389. The third-order valence-electron chi connectivity index (χ3n) is 5.41. The molecule has 5 nitrogen and oxygen atoms in total. The fraction of sp³-hybridized carbons (Fsp3) is 0.0400. The van der Waals surface area contributed by atoms with Crippen molar-refractivity contribution in [3.05, 3.63) is 112 Å². The normalized spacial score (nSPS) is 16.2. The number of carbonyl (C=O) groups excluding carboxylic acids is 2. The van der Waals surface area contributed by atoms with Gasteiger partial charge in [0.05, 0.1) is 11.6 Å². The minimum atomic E-state index is -1.19. The maximum Gasteiger partial charge on any atom is 0.294 e. The molecule has 0 saturated heterocycles. The zero-order chi connectivity index (χ0) is 22.4. The van der Waals surface area contributed by atoms with Gasteiger partial charge < -0.3 is 9.52 Å². The minimum absolute atomic E-state index is 0.0557. The van der Waals surface area contributed by atoms with Crippen LogP contribution in [0.3, 0.4) is 0 Å². The smallest absolute Gasteiger partial charge is 0.294 e. The second-order valence-electron chi connectivity index (χ2n) is 7.32. The number of para-hydroxylation sites is 1. The lowest BCUT2D eigenvalue weighted by molar-refractivity contribution is -0.117. The monoisotopic (exact) mass is 447 g/mol. The molecule has 1 aromatic heterocycles. The second-order valence-corrected chi connectivity index (χ2v) is 7.75. The van der Waals surface area contributed by atoms with E-state index in [0.29, 0.717) is 21.7 Å². The Balaban J connectivity index is 1.68. The van der Waals surface area contributed by atoms with E-state index in [-0.39, 0.29) is 16.9 Å². The summed E-state index contributed by atoms with van der Waals surface area (Å²) in [6.07, 6.45) is 0. The summed E-state index contributed by atoms with van der Waals surface area (Å²) in [5.41, 5.74) is 0.650. The van der Waals surface area contributed by atoms with Crippen molar-refractivity contribution in [2.24, 2.45) is 0 Å². The number of hydrogen-bond acceptors (Lipinski definition) is 4. The van der Waals surface area contributed by atoms with E-state index in [4.69, 9.17) is 16.0 Å². The molecule has 2 heterocycles. The molecule has 5 rings (SSSR count). The van der Waals surface area contributed by atoms with Crippen molar-refractivity contribution in [3.63, 3.8) is 0 Å². The molecule has 7 heteroatoms. The highest BCUT2D eigenvalue weighted by Gasteiger charge is 2.46. The maximum atomic E-state index is 14.9. The number of rotatable bonds is 4. The number of carbonyl (C=O) groups is 2. The first-order valence-electron chi connectivity index (χ1n) is 9.75. The lowest BCUT2D eigenvalue weighted by Crippen LogP contribution is -2.31. The van der Waals surface area contributed by atoms with Crippen LogP contribution in [-0.2, 0) is 4.79 Å². The van der Waals surface area contributed by atoms with Crippen molar-refractivity contribution in [1.82, 2.24) is 0 Å². The number of fused-ring (bicyclic) bond motifs is 1. The van der Waals surface area contributed by atoms with Crippen LogP contribution in [0.25, 0.3) is 11.0 Å². The molecule has 0 spiro atoms. The van der Waals surface area contributed by atoms with E-state index < -0.39 is 29.3 Å². The van der Waals surface area contributed by atoms with Crippen LogP contribution in [0.2, 0.25) is 5.02 Å². The SMILES string of the molecule is O=C(C1=C(O)C(=O)N(c2ccc(Cl)cc2)C1c1ccccc1F)c1cc2ccccc2o1. The number of benzene rings is 3. The average Bonchev–Trinajstić information content (AvgIpc) is 3.34. The van der Waals surface area contributed by atoms with E-state index in [1.54, 1.807) is 54.6 Å². The molecule has 1 aliphatic heterocycles. The van der Waals surface area contributed by atoms with E-state index in [1.807, 2.05) is 0 Å². The van der Waals surface area contributed by atoms with E-state index in [9.17, 15) is 19.1 Å². The van der Waals surface area contributed by atoms with Crippen LogP contribution in [0.5, 0.6) is 0 Å². The standard InChI is InChI=1S/C25H15ClFNO4/c26-15-9-11-16(12-10-15)28-22(17-6-2-3-7-18(17)27)21(24(30)25(28)31)23(29)20-13-14-5-1-4-8-19(14)32-20/h1-13,22,30H. The lowest BCUT2D eigenvalue weighted by Gasteiger charge is -2.27. The number of hydrogen-bond donors (Lipinski definition) is 1. The Hall–Kier alpha value is -3.90. The van der Waals surface area contributed by atoms with Crippen LogP contribution < -0.4 is 4.90 Å². The molecule has 0 bridgehead atoms. The van der Waals surface area contributed by atoms with Gasteiger partial charge in [0.25, 0.3) is 5.91 Å². The van der Waals surface area contributed by atoms with Crippen molar-refractivity contribution >= 4 is 39.9 Å². The number of aliphatic hydroxyl groups is 1. The zero-order valence-corrected chi connectivity index (χ0v) is 17.2. The van der Waals surface area contributed by atoms with Crippen LogP contribution in [0.15, 0.2) is 94.6 Å². The molecule has 0 saturated carbocycles. The van der Waals surface area contributed by atoms with E-state index in [1.165, 1.54) is 29.2 Å². The second kappa shape index (κ2) is 7.66. The van der Waals surface area contributed by atoms with E-state index in [2.05, 4.69) is 0 Å². The Kier molecular flexibility index (Phi) is 4.79. The molecule has 158 valence electrons. The number of anilines is 1. The molecule has 1 aliphatic rings. The van der Waals surface area contributed by atoms with Crippen molar-refractivity contribution in [2.45, 2.75) is 6.04 Å². The van der Waals surface area contributed by atoms with Gasteiger partial charge in [-0.15, -0.1) is 0 Å². The van der Waals surface area contributed by atoms with Crippen molar-refractivity contribution < 1.29 is 23.5 Å². The fourth-order valence-corrected chi connectivity index (χ4v) is 4.05. The Morgan fingerprint density at radius 3 is 2.41 bits per heavy atom. The lowest BCUT2D eigenvalue weighted by atomic mass is 9.94. The first kappa shape index (κ1) is 20.0. The highest BCUT2D eigenvalue weighted by atomic mass is 35.5. The van der Waals surface area contributed by atoms with Gasteiger partial charge in [-0.2, -0.15) is 0 Å². The third kappa shape index (κ3) is 3.16. The first-order valence-corrected chi connectivity index (χ1v) is 10.1. The van der Waals surface area contributed by atoms with Crippen molar-refractivity contribution in [1.29, 1.82) is 0 Å². The summed E-state index contributed by atoms with van der Waals surface area (Å²) < 4.78 is 20.5. The predicted octanol–water partition coefficient (Wildman–Crippen LogP) is 6.01. The molecule has 32 heavy (non-hydrogen) atoms. The minimum Gasteiger partial charge on any atom is -0.503 e. The topological polar surface area (TPSA) is 70.8 Å². The average molecular weight is 448 g/mol. The highest BCUT2D eigenvalue weighted by molar-refractivity contribution is 6.30. The van der Waals surface area contributed by atoms with Gasteiger partial charge in [-0.3, -0.25) is 14.5 Å². The molecule has 0 fully saturated rings. The van der Waals surface area contributed by atoms with Gasteiger partial charge in [0.2, 0.25) is 5.78 Å². The molecule has 3 aromatic carbocycles. The van der Waals surface area contributed by atoms with Crippen LogP contribution >= 0.6 is 11.6 Å². The maximum absolute atomic E-state index is 14.9. The van der Waals surface area contributed by atoms with Gasteiger partial charge in [-0.05, 0) is 42.5 Å². The summed E-state index contributed by atoms with van der Waals surface area (Å²) in [5.74, 6) is -2.94. The molecule has 4 aromatic rings. The fourth-order valence-electron chi connectivity index (χ4n) is 3.92. The molecular formula is C25H15ClFNO4. The summed E-state index contributed by atoms with van der Waals surface area (Å²) in [4.78, 5) is 27.7. The summed E-state index contributed by atoms with van der Waals surface area (Å²) in [7, 11) is 0. The number of furan rings is 1. The van der Waals surface area contributed by atoms with Gasteiger partial charge in [0.15, 0.2) is 11.5 Å². The first-order chi connectivity index (χ1) is 15.5. The Morgan fingerprint density at radius 1 is 1.00 bits per heavy atom. The summed E-state index contributed by atoms with van der Waals surface area (Å²) >= 11 is 5.97. The highest BCUT2D eigenvalue weighted by Crippen LogP contribution is 2.43. The van der Waals surface area contributed by atoms with Gasteiger partial charge in [-0.1, -0.05) is 48.0 Å². The molecular weight excluding hydrogens is 433 g/mol. The van der Waals surface area contributed by atoms with Crippen LogP contribution in [0.4, 0.5) is 10.1 Å². The zero-order valence-electron chi connectivity index (χ0n) is 16.5. The van der Waals surface area contributed by atoms with E-state index in [0.717, 1.165) is 0 Å². The Morgan fingerprint density at radius 2 is 1.69 bits per heavy atom. The molecule has 1 N–H and O–H groups in total. The van der Waals surface area contributed by atoms with Crippen molar-refractivity contribution in [2.75, 3.05) is 4.90 Å². The molecule has 1 atom stereocenters. The van der Waals surface area contributed by atoms with Gasteiger partial charge in [0, 0.05) is 21.7 Å². The van der Waals surface area contributed by atoms with E-state index >= 15 is 0 Å². The van der Waals surface area contributed by atoms with Gasteiger partial charge in [-0.25, -0.2) is 4.39 Å². The van der Waals surface area contributed by atoms with Crippen LogP contribution in [-0.4, -0.2) is 16.8 Å². The number of Topliss-reactive ketones (excluding diaryl/α,β-unsaturated/α-hetero) is 1. The number of halogens is 2. The number of ketones is 1. The Labute approximate surface area is 186 Å². The predicted molar refractivity (Wildman–Crippen MR) is 118 cm³/mol. The largest absolute Gasteiger partial charge is 0.503 e. The number of aliphatic hydroxyl groups excluding tert-OH is 1.